The summed E-state index contributed by atoms with van der Waals surface area (Å²) in [5, 5.41) is 12.6. The van der Waals surface area contributed by atoms with Gasteiger partial charge < -0.3 is 5.21 Å². The van der Waals surface area contributed by atoms with E-state index in [1.165, 1.54) is 6.42 Å². The zero-order valence-electron chi connectivity index (χ0n) is 8.39. The minimum atomic E-state index is -0.0139. The quantitative estimate of drug-likeness (QED) is 0.397. The fourth-order valence-electron chi connectivity index (χ4n) is 3.07. The van der Waals surface area contributed by atoms with E-state index in [0.717, 1.165) is 18.6 Å². The van der Waals surface area contributed by atoms with Crippen LogP contribution in [0.3, 0.4) is 0 Å². The third kappa shape index (κ3) is 0.915. The molecule has 2 aliphatic carbocycles. The highest BCUT2D eigenvalue weighted by Gasteiger charge is 2.65. The van der Waals surface area contributed by atoms with Crippen molar-refractivity contribution in [3.05, 3.63) is 0 Å². The molecule has 0 heterocycles. The molecule has 2 fully saturated rings. The van der Waals surface area contributed by atoms with E-state index in [4.69, 9.17) is 5.21 Å². The third-order valence-corrected chi connectivity index (χ3v) is 5.42. The highest BCUT2D eigenvalue weighted by atomic mass is 79.9. The number of rotatable bonds is 0. The van der Waals surface area contributed by atoms with Gasteiger partial charge >= 0.3 is 0 Å². The lowest BCUT2D eigenvalue weighted by Gasteiger charge is -2.39. The minimum Gasteiger partial charge on any atom is -0.411 e. The predicted octanol–water partition coefficient (Wildman–Crippen LogP) is 3.18. The maximum absolute atomic E-state index is 9.06. The molecule has 1 N–H and O–H groups in total. The van der Waals surface area contributed by atoms with Crippen LogP contribution in [0.2, 0.25) is 0 Å². The Hall–Kier alpha value is -0.0500. The Morgan fingerprint density at radius 2 is 1.92 bits per heavy atom. The fourth-order valence-corrected chi connectivity index (χ4v) is 4.46. The molecule has 13 heavy (non-hydrogen) atoms. The van der Waals surface area contributed by atoms with E-state index in [1.807, 2.05) is 0 Å². The summed E-state index contributed by atoms with van der Waals surface area (Å²) < 4.78 is -0.0139. The van der Waals surface area contributed by atoms with E-state index in [-0.39, 0.29) is 9.74 Å². The van der Waals surface area contributed by atoms with Crippen LogP contribution in [0.1, 0.15) is 40.0 Å². The standard InChI is InChI=1S/C10H16BrNO/c1-8(2)7(12-13)10(11)5-4-9(8,3)6-10/h13H,4-6H2,1-3H3/b12-7-/t9-,10+/m0/s1. The average molecular weight is 246 g/mol. The molecule has 0 aromatic rings. The predicted molar refractivity (Wildman–Crippen MR) is 56.6 cm³/mol. The summed E-state index contributed by atoms with van der Waals surface area (Å²) in [7, 11) is 0. The fraction of sp³-hybridized carbons (Fsp3) is 0.900. The van der Waals surface area contributed by atoms with Crippen molar-refractivity contribution in [3.63, 3.8) is 0 Å². The van der Waals surface area contributed by atoms with Crippen LogP contribution in [0, 0.1) is 10.8 Å². The van der Waals surface area contributed by atoms with Gasteiger partial charge in [0, 0.05) is 5.41 Å². The van der Waals surface area contributed by atoms with E-state index >= 15 is 0 Å². The lowest BCUT2D eigenvalue weighted by molar-refractivity contribution is 0.179. The molecular formula is C10H16BrNO. The molecule has 2 rings (SSSR count). The molecule has 0 aromatic carbocycles. The van der Waals surface area contributed by atoms with Gasteiger partial charge in [0.2, 0.25) is 0 Å². The van der Waals surface area contributed by atoms with Crippen molar-refractivity contribution >= 4 is 21.6 Å². The zero-order valence-corrected chi connectivity index (χ0v) is 9.98. The van der Waals surface area contributed by atoms with E-state index in [2.05, 4.69) is 41.9 Å². The normalized spacial score (nSPS) is 50.3. The zero-order chi connectivity index (χ0) is 9.91. The Morgan fingerprint density at radius 3 is 2.23 bits per heavy atom. The first kappa shape index (κ1) is 9.50. The summed E-state index contributed by atoms with van der Waals surface area (Å²) in [6.07, 6.45) is 3.43. The number of hydrogen-bond donors (Lipinski definition) is 1. The second kappa shape index (κ2) is 2.30. The van der Waals surface area contributed by atoms with E-state index in [0.29, 0.717) is 5.41 Å². The smallest absolute Gasteiger partial charge is 0.0799 e. The molecule has 3 heteroatoms. The van der Waals surface area contributed by atoms with Gasteiger partial charge in [-0.1, -0.05) is 41.9 Å². The maximum atomic E-state index is 9.06. The van der Waals surface area contributed by atoms with Crippen molar-refractivity contribution in [1.29, 1.82) is 0 Å². The molecule has 2 bridgehead atoms. The van der Waals surface area contributed by atoms with E-state index < -0.39 is 0 Å². The molecule has 2 nitrogen and oxygen atoms in total. The van der Waals surface area contributed by atoms with Gasteiger partial charge in [-0.2, -0.15) is 0 Å². The van der Waals surface area contributed by atoms with Crippen LogP contribution in [0.5, 0.6) is 0 Å². The third-order valence-electron chi connectivity index (χ3n) is 4.37. The highest BCUT2D eigenvalue weighted by Crippen LogP contribution is 2.66. The van der Waals surface area contributed by atoms with Gasteiger partial charge in [0.1, 0.15) is 0 Å². The lowest BCUT2D eigenvalue weighted by Crippen LogP contribution is -2.41. The van der Waals surface area contributed by atoms with Crippen LogP contribution < -0.4 is 0 Å². The van der Waals surface area contributed by atoms with Gasteiger partial charge in [-0.05, 0) is 24.7 Å². The van der Waals surface area contributed by atoms with E-state index in [1.54, 1.807) is 0 Å². The summed E-state index contributed by atoms with van der Waals surface area (Å²) in [6.45, 7) is 6.67. The minimum absolute atomic E-state index is 0.0139. The molecule has 74 valence electrons. The van der Waals surface area contributed by atoms with Crippen molar-refractivity contribution in [2.45, 2.75) is 44.4 Å². The number of alkyl halides is 1. The van der Waals surface area contributed by atoms with Gasteiger partial charge in [0.25, 0.3) is 0 Å². The second-order valence-electron chi connectivity index (χ2n) is 5.28. The van der Waals surface area contributed by atoms with Gasteiger partial charge in [0.15, 0.2) is 0 Å². The number of fused-ring (bicyclic) bond motifs is 2. The Balaban J connectivity index is 2.54. The van der Waals surface area contributed by atoms with Crippen molar-refractivity contribution < 1.29 is 5.21 Å². The average Bonchev–Trinajstić information content (AvgIpc) is 2.35. The van der Waals surface area contributed by atoms with Crippen molar-refractivity contribution in [1.82, 2.24) is 0 Å². The Kier molecular flexibility index (Phi) is 1.68. The van der Waals surface area contributed by atoms with Gasteiger partial charge in [-0.3, -0.25) is 0 Å². The molecule has 0 aliphatic heterocycles. The number of nitrogens with zero attached hydrogens (tertiary/aromatic N) is 1. The summed E-state index contributed by atoms with van der Waals surface area (Å²) in [6, 6.07) is 0. The van der Waals surface area contributed by atoms with Gasteiger partial charge in [0.05, 0.1) is 10.0 Å². The molecule has 2 saturated carbocycles. The van der Waals surface area contributed by atoms with Crippen molar-refractivity contribution in [2.75, 3.05) is 0 Å². The topological polar surface area (TPSA) is 32.6 Å². The second-order valence-corrected chi connectivity index (χ2v) is 6.79. The molecule has 2 atom stereocenters. The molecule has 0 saturated heterocycles. The summed E-state index contributed by atoms with van der Waals surface area (Å²) >= 11 is 3.73. The Labute approximate surface area is 87.5 Å². The first-order valence-electron chi connectivity index (χ1n) is 4.78. The molecule has 0 aromatic heterocycles. The highest BCUT2D eigenvalue weighted by molar-refractivity contribution is 9.10. The molecule has 0 spiro atoms. The van der Waals surface area contributed by atoms with E-state index in [9.17, 15) is 0 Å². The van der Waals surface area contributed by atoms with Gasteiger partial charge in [-0.15, -0.1) is 0 Å². The largest absolute Gasteiger partial charge is 0.411 e. The van der Waals surface area contributed by atoms with Crippen LogP contribution in [0.15, 0.2) is 5.16 Å². The number of halogens is 1. The first-order chi connectivity index (χ1) is 5.86. The van der Waals surface area contributed by atoms with Crippen molar-refractivity contribution in [3.8, 4) is 0 Å². The number of oxime groups is 1. The van der Waals surface area contributed by atoms with Gasteiger partial charge in [-0.25, -0.2) is 0 Å². The van der Waals surface area contributed by atoms with Crippen LogP contribution in [-0.2, 0) is 0 Å². The number of hydrogen-bond acceptors (Lipinski definition) is 2. The monoisotopic (exact) mass is 245 g/mol. The Morgan fingerprint density at radius 1 is 1.31 bits per heavy atom. The van der Waals surface area contributed by atoms with Crippen LogP contribution in [-0.4, -0.2) is 15.2 Å². The van der Waals surface area contributed by atoms with Crippen LogP contribution in [0.25, 0.3) is 0 Å². The molecule has 0 radical (unpaired) electrons. The summed E-state index contributed by atoms with van der Waals surface area (Å²) in [4.78, 5) is 0. The molecule has 0 unspecified atom stereocenters. The summed E-state index contributed by atoms with van der Waals surface area (Å²) in [5.41, 5.74) is 1.27. The maximum Gasteiger partial charge on any atom is 0.0799 e. The SMILES string of the molecule is CC1(C)/C(=N/O)[C@@]2(Br)CC[C@@]1(C)C2. The molecular weight excluding hydrogens is 230 g/mol. The van der Waals surface area contributed by atoms with Crippen LogP contribution >= 0.6 is 15.9 Å². The summed E-state index contributed by atoms with van der Waals surface area (Å²) in [5.74, 6) is 0. The molecule has 2 aliphatic rings. The van der Waals surface area contributed by atoms with Crippen LogP contribution in [0.4, 0.5) is 0 Å². The van der Waals surface area contributed by atoms with Crippen molar-refractivity contribution in [2.24, 2.45) is 16.0 Å². The first-order valence-corrected chi connectivity index (χ1v) is 5.57. The lowest BCUT2D eigenvalue weighted by atomic mass is 9.65. The molecule has 0 amide bonds. The Bertz CT molecular complexity index is 287.